The van der Waals surface area contributed by atoms with E-state index >= 15 is 0 Å². The van der Waals surface area contributed by atoms with Gasteiger partial charge in [-0.3, -0.25) is 4.79 Å². The standard InChI is InChI=1S/C27H29N3O3/c1-19-13-14-23(17-20(19)2)32-16-15-30-25-12-8-7-11-24(25)29-27(30)21(3)28-26(31)18-33-22-9-5-4-6-10-22/h4-14,17,21H,15-16,18H2,1-3H3,(H,28,31). The Balaban J connectivity index is 1.44. The molecule has 0 aliphatic carbocycles. The number of hydrogen-bond donors (Lipinski definition) is 1. The minimum absolute atomic E-state index is 0.0511. The second-order valence-electron chi connectivity index (χ2n) is 8.10. The highest BCUT2D eigenvalue weighted by Crippen LogP contribution is 2.22. The molecular formula is C27H29N3O3. The molecule has 0 fully saturated rings. The van der Waals surface area contributed by atoms with E-state index in [1.807, 2.05) is 67.6 Å². The van der Waals surface area contributed by atoms with Gasteiger partial charge in [0.1, 0.15) is 23.9 Å². The lowest BCUT2D eigenvalue weighted by Crippen LogP contribution is -2.33. The number of ether oxygens (including phenoxy) is 2. The molecule has 3 aromatic carbocycles. The number of fused-ring (bicyclic) bond motifs is 1. The largest absolute Gasteiger partial charge is 0.492 e. The molecule has 0 bridgehead atoms. The lowest BCUT2D eigenvalue weighted by Gasteiger charge is -2.17. The van der Waals surface area contributed by atoms with Crippen LogP contribution < -0.4 is 14.8 Å². The summed E-state index contributed by atoms with van der Waals surface area (Å²) >= 11 is 0. The topological polar surface area (TPSA) is 65.4 Å². The predicted octanol–water partition coefficient (Wildman–Crippen LogP) is 4.99. The monoisotopic (exact) mass is 443 g/mol. The van der Waals surface area contributed by atoms with Gasteiger partial charge < -0.3 is 19.4 Å². The lowest BCUT2D eigenvalue weighted by atomic mass is 10.1. The number of carbonyl (C=O) groups excluding carboxylic acids is 1. The number of rotatable bonds is 9. The molecule has 1 heterocycles. The Morgan fingerprint density at radius 1 is 0.939 bits per heavy atom. The van der Waals surface area contributed by atoms with Gasteiger partial charge >= 0.3 is 0 Å². The molecule has 6 heteroatoms. The summed E-state index contributed by atoms with van der Waals surface area (Å²) in [5, 5.41) is 3.00. The van der Waals surface area contributed by atoms with Crippen LogP contribution in [0.15, 0.2) is 72.8 Å². The number of imidazole rings is 1. The average molecular weight is 444 g/mol. The molecular weight excluding hydrogens is 414 g/mol. The Hall–Kier alpha value is -3.80. The van der Waals surface area contributed by atoms with E-state index in [9.17, 15) is 4.79 Å². The molecule has 0 saturated heterocycles. The molecule has 0 spiro atoms. The highest BCUT2D eigenvalue weighted by Gasteiger charge is 2.18. The highest BCUT2D eigenvalue weighted by molar-refractivity contribution is 5.79. The van der Waals surface area contributed by atoms with Crippen LogP contribution in [-0.2, 0) is 11.3 Å². The first-order valence-electron chi connectivity index (χ1n) is 11.1. The summed E-state index contributed by atoms with van der Waals surface area (Å²) in [6.07, 6.45) is 0. The summed E-state index contributed by atoms with van der Waals surface area (Å²) in [6.45, 7) is 7.16. The van der Waals surface area contributed by atoms with Crippen LogP contribution in [0, 0.1) is 13.8 Å². The first-order chi connectivity index (χ1) is 16.0. The fraction of sp³-hybridized carbons (Fsp3) is 0.259. The molecule has 0 aliphatic rings. The number of aryl methyl sites for hydroxylation is 2. The number of nitrogens with zero attached hydrogens (tertiary/aromatic N) is 2. The third-order valence-corrected chi connectivity index (χ3v) is 5.62. The third-order valence-electron chi connectivity index (χ3n) is 5.62. The molecule has 0 aliphatic heterocycles. The molecule has 4 rings (SSSR count). The molecule has 170 valence electrons. The molecule has 1 N–H and O–H groups in total. The van der Waals surface area contributed by atoms with Crippen LogP contribution in [0.25, 0.3) is 11.0 Å². The van der Waals surface area contributed by atoms with Crippen LogP contribution in [0.2, 0.25) is 0 Å². The summed E-state index contributed by atoms with van der Waals surface area (Å²) in [4.78, 5) is 17.3. The number of aromatic nitrogens is 2. The van der Waals surface area contributed by atoms with Crippen molar-refractivity contribution < 1.29 is 14.3 Å². The molecule has 1 aromatic heterocycles. The van der Waals surface area contributed by atoms with E-state index in [2.05, 4.69) is 35.9 Å². The molecule has 4 aromatic rings. The Bertz CT molecular complexity index is 1230. The van der Waals surface area contributed by atoms with Gasteiger partial charge in [0.2, 0.25) is 0 Å². The zero-order valence-electron chi connectivity index (χ0n) is 19.2. The van der Waals surface area contributed by atoms with E-state index in [1.54, 1.807) is 0 Å². The van der Waals surface area contributed by atoms with Gasteiger partial charge in [0.15, 0.2) is 6.61 Å². The van der Waals surface area contributed by atoms with Crippen LogP contribution in [0.4, 0.5) is 0 Å². The zero-order chi connectivity index (χ0) is 23.2. The second kappa shape index (κ2) is 10.2. The summed E-state index contributed by atoms with van der Waals surface area (Å²) < 4.78 is 13.7. The summed E-state index contributed by atoms with van der Waals surface area (Å²) in [6, 6.07) is 23.1. The van der Waals surface area contributed by atoms with Crippen LogP contribution in [0.5, 0.6) is 11.5 Å². The van der Waals surface area contributed by atoms with Crippen molar-refractivity contribution >= 4 is 16.9 Å². The van der Waals surface area contributed by atoms with Gasteiger partial charge in [0.05, 0.1) is 23.6 Å². The molecule has 1 unspecified atom stereocenters. The van der Waals surface area contributed by atoms with E-state index in [0.29, 0.717) is 18.9 Å². The van der Waals surface area contributed by atoms with Crippen molar-refractivity contribution in [3.63, 3.8) is 0 Å². The normalized spacial score (nSPS) is 11.8. The fourth-order valence-electron chi connectivity index (χ4n) is 3.73. The first-order valence-corrected chi connectivity index (χ1v) is 11.1. The Morgan fingerprint density at radius 2 is 1.70 bits per heavy atom. The molecule has 33 heavy (non-hydrogen) atoms. The fourth-order valence-corrected chi connectivity index (χ4v) is 3.73. The van der Waals surface area contributed by atoms with Crippen molar-refractivity contribution in [2.24, 2.45) is 0 Å². The molecule has 0 saturated carbocycles. The van der Waals surface area contributed by atoms with Gasteiger partial charge in [-0.05, 0) is 68.3 Å². The van der Waals surface area contributed by atoms with Crippen molar-refractivity contribution in [3.8, 4) is 11.5 Å². The highest BCUT2D eigenvalue weighted by atomic mass is 16.5. The van der Waals surface area contributed by atoms with Gasteiger partial charge in [-0.15, -0.1) is 0 Å². The molecule has 6 nitrogen and oxygen atoms in total. The van der Waals surface area contributed by atoms with E-state index in [4.69, 9.17) is 14.5 Å². The van der Waals surface area contributed by atoms with Crippen LogP contribution >= 0.6 is 0 Å². The average Bonchev–Trinajstić information content (AvgIpc) is 3.19. The SMILES string of the molecule is Cc1ccc(OCCn2c(C(C)NC(=O)COc3ccccc3)nc3ccccc32)cc1C. The van der Waals surface area contributed by atoms with Crippen molar-refractivity contribution in [3.05, 3.63) is 89.7 Å². The maximum atomic E-state index is 12.5. The first kappa shape index (κ1) is 22.4. The quantitative estimate of drug-likeness (QED) is 0.396. The molecule has 1 amide bonds. The third kappa shape index (κ3) is 5.52. The Morgan fingerprint density at radius 3 is 2.48 bits per heavy atom. The Labute approximate surface area is 194 Å². The predicted molar refractivity (Wildman–Crippen MR) is 130 cm³/mol. The minimum atomic E-state index is -0.286. The van der Waals surface area contributed by atoms with Crippen molar-refractivity contribution in [1.29, 1.82) is 0 Å². The van der Waals surface area contributed by atoms with Crippen molar-refractivity contribution in [1.82, 2.24) is 14.9 Å². The lowest BCUT2D eigenvalue weighted by molar-refractivity contribution is -0.123. The maximum Gasteiger partial charge on any atom is 0.258 e. The molecule has 1 atom stereocenters. The van der Waals surface area contributed by atoms with Gasteiger partial charge in [-0.2, -0.15) is 0 Å². The van der Waals surface area contributed by atoms with Gasteiger partial charge in [0, 0.05) is 0 Å². The zero-order valence-corrected chi connectivity index (χ0v) is 19.2. The van der Waals surface area contributed by atoms with E-state index in [1.165, 1.54) is 11.1 Å². The van der Waals surface area contributed by atoms with Gasteiger partial charge in [-0.1, -0.05) is 36.4 Å². The van der Waals surface area contributed by atoms with Crippen LogP contribution in [0.3, 0.4) is 0 Å². The summed E-state index contributed by atoms with van der Waals surface area (Å²) in [7, 11) is 0. The number of benzene rings is 3. The number of amides is 1. The van der Waals surface area contributed by atoms with Crippen molar-refractivity contribution in [2.75, 3.05) is 13.2 Å². The maximum absolute atomic E-state index is 12.5. The summed E-state index contributed by atoms with van der Waals surface area (Å²) in [5.41, 5.74) is 4.35. The van der Waals surface area contributed by atoms with Crippen LogP contribution in [-0.4, -0.2) is 28.7 Å². The van der Waals surface area contributed by atoms with Crippen LogP contribution in [0.1, 0.15) is 29.9 Å². The van der Waals surface area contributed by atoms with E-state index in [-0.39, 0.29) is 18.6 Å². The van der Waals surface area contributed by atoms with Gasteiger partial charge in [-0.25, -0.2) is 4.98 Å². The van der Waals surface area contributed by atoms with E-state index in [0.717, 1.165) is 22.6 Å². The summed E-state index contributed by atoms with van der Waals surface area (Å²) in [5.74, 6) is 2.10. The number of carbonyl (C=O) groups is 1. The number of para-hydroxylation sites is 3. The number of hydrogen-bond acceptors (Lipinski definition) is 4. The number of nitrogens with one attached hydrogen (secondary N) is 1. The molecule has 0 radical (unpaired) electrons. The van der Waals surface area contributed by atoms with Crippen molar-refractivity contribution in [2.45, 2.75) is 33.4 Å². The Kier molecular flexibility index (Phi) is 6.93. The van der Waals surface area contributed by atoms with Gasteiger partial charge in [0.25, 0.3) is 5.91 Å². The van der Waals surface area contributed by atoms with E-state index < -0.39 is 0 Å². The smallest absolute Gasteiger partial charge is 0.258 e. The minimum Gasteiger partial charge on any atom is -0.492 e. The second-order valence-corrected chi connectivity index (χ2v) is 8.10.